The van der Waals surface area contributed by atoms with Crippen LogP contribution in [0.15, 0.2) is 0 Å². The normalized spacial score (nSPS) is 53.2. The lowest BCUT2D eigenvalue weighted by atomic mass is 9.38. The summed E-state index contributed by atoms with van der Waals surface area (Å²) in [7, 11) is 0. The van der Waals surface area contributed by atoms with Crippen LogP contribution in [0.2, 0.25) is 0 Å². The van der Waals surface area contributed by atoms with Crippen molar-refractivity contribution in [2.24, 2.45) is 28.1 Å². The first-order valence-electron chi connectivity index (χ1n) is 9.10. The number of hydrogen-bond acceptors (Lipinski definition) is 1. The van der Waals surface area contributed by atoms with Crippen LogP contribution in [0.1, 0.15) is 84.5 Å². The van der Waals surface area contributed by atoms with Gasteiger partial charge in [0.05, 0.1) is 6.10 Å². The van der Waals surface area contributed by atoms with Crippen molar-refractivity contribution in [1.29, 1.82) is 0 Å². The summed E-state index contributed by atoms with van der Waals surface area (Å²) in [6.45, 7) is 5.05. The summed E-state index contributed by atoms with van der Waals surface area (Å²) in [6.07, 6.45) is 15.0. The molecule has 1 heteroatoms. The fourth-order valence-electron chi connectivity index (χ4n) is 7.82. The molecule has 1 nitrogen and oxygen atoms in total. The predicted molar refractivity (Wildman–Crippen MR) is 82.4 cm³/mol. The van der Waals surface area contributed by atoms with Crippen LogP contribution in [0.25, 0.3) is 0 Å². The Bertz CT molecular complexity index is 377. The van der Waals surface area contributed by atoms with E-state index in [0.29, 0.717) is 22.2 Å². The highest BCUT2D eigenvalue weighted by atomic mass is 16.3. The van der Waals surface area contributed by atoms with Crippen LogP contribution in [0, 0.1) is 28.1 Å². The van der Waals surface area contributed by atoms with Crippen LogP contribution < -0.4 is 0 Å². The molecule has 0 aromatic carbocycles. The Hall–Kier alpha value is -0.0400. The molecule has 0 amide bonds. The van der Waals surface area contributed by atoms with Crippen molar-refractivity contribution in [3.63, 3.8) is 0 Å². The summed E-state index contributed by atoms with van der Waals surface area (Å²) >= 11 is 0. The molecule has 5 saturated carbocycles. The fraction of sp³-hybridized carbons (Fsp3) is 1.00. The maximum absolute atomic E-state index is 11.3. The van der Waals surface area contributed by atoms with Gasteiger partial charge in [0.2, 0.25) is 0 Å². The lowest BCUT2D eigenvalue weighted by Gasteiger charge is -2.67. The first-order chi connectivity index (χ1) is 9.42. The highest BCUT2D eigenvalue weighted by Crippen LogP contribution is 2.71. The molecule has 0 radical (unpaired) electrons. The van der Waals surface area contributed by atoms with Gasteiger partial charge in [-0.1, -0.05) is 33.1 Å². The van der Waals surface area contributed by atoms with Crippen molar-refractivity contribution < 1.29 is 5.11 Å². The Morgan fingerprint density at radius 1 is 0.850 bits per heavy atom. The van der Waals surface area contributed by atoms with Gasteiger partial charge in [0, 0.05) is 0 Å². The van der Waals surface area contributed by atoms with Crippen molar-refractivity contribution >= 4 is 0 Å². The standard InChI is InChI=1S/C19H32O/c1-17-8-14-9-18(2,11-17)13-19(10-14,12-17)16(20)15-6-4-3-5-7-15/h14-16,20H,3-13H2,1-2H3. The van der Waals surface area contributed by atoms with Crippen molar-refractivity contribution in [1.82, 2.24) is 0 Å². The van der Waals surface area contributed by atoms with Gasteiger partial charge in [-0.3, -0.25) is 0 Å². The fourth-order valence-corrected chi connectivity index (χ4v) is 7.82. The molecular formula is C19H32O. The average molecular weight is 276 g/mol. The minimum Gasteiger partial charge on any atom is -0.392 e. The summed E-state index contributed by atoms with van der Waals surface area (Å²) < 4.78 is 0. The first-order valence-corrected chi connectivity index (χ1v) is 9.10. The quantitative estimate of drug-likeness (QED) is 0.758. The minimum atomic E-state index is 0.00449. The SMILES string of the molecule is CC12CC3CC(C)(C1)CC(C(O)C1CCCCC1)(C3)C2. The van der Waals surface area contributed by atoms with Gasteiger partial charge < -0.3 is 5.11 Å². The molecule has 114 valence electrons. The van der Waals surface area contributed by atoms with E-state index in [2.05, 4.69) is 13.8 Å². The van der Waals surface area contributed by atoms with Gasteiger partial charge in [0.1, 0.15) is 0 Å². The molecule has 3 unspecified atom stereocenters. The molecule has 5 fully saturated rings. The lowest BCUT2D eigenvalue weighted by molar-refractivity contribution is -0.198. The number of rotatable bonds is 2. The molecular weight excluding hydrogens is 244 g/mol. The van der Waals surface area contributed by atoms with Crippen LogP contribution in [0.5, 0.6) is 0 Å². The number of aliphatic hydroxyl groups is 1. The number of aliphatic hydroxyl groups excluding tert-OH is 1. The summed E-state index contributed by atoms with van der Waals surface area (Å²) in [5.74, 6) is 1.53. The Labute approximate surface area is 124 Å². The molecule has 1 N–H and O–H groups in total. The van der Waals surface area contributed by atoms with Gasteiger partial charge in [-0.15, -0.1) is 0 Å². The molecule has 3 atom stereocenters. The van der Waals surface area contributed by atoms with E-state index in [4.69, 9.17) is 0 Å². The van der Waals surface area contributed by atoms with E-state index < -0.39 is 0 Å². The van der Waals surface area contributed by atoms with Gasteiger partial charge in [-0.25, -0.2) is 0 Å². The van der Waals surface area contributed by atoms with Gasteiger partial charge >= 0.3 is 0 Å². The van der Waals surface area contributed by atoms with E-state index in [9.17, 15) is 5.11 Å². The van der Waals surface area contributed by atoms with E-state index in [1.54, 1.807) is 0 Å². The third kappa shape index (κ3) is 1.99. The van der Waals surface area contributed by atoms with Gasteiger partial charge in [-0.2, -0.15) is 0 Å². The zero-order valence-corrected chi connectivity index (χ0v) is 13.5. The van der Waals surface area contributed by atoms with Crippen LogP contribution >= 0.6 is 0 Å². The zero-order chi connectivity index (χ0) is 14.0. The highest BCUT2D eigenvalue weighted by molar-refractivity contribution is 5.13. The molecule has 0 saturated heterocycles. The van der Waals surface area contributed by atoms with E-state index in [1.165, 1.54) is 70.6 Å². The van der Waals surface area contributed by atoms with Crippen molar-refractivity contribution in [3.05, 3.63) is 0 Å². The maximum Gasteiger partial charge on any atom is 0.0625 e. The molecule has 20 heavy (non-hydrogen) atoms. The second-order valence-corrected chi connectivity index (χ2v) is 9.84. The third-order valence-electron chi connectivity index (χ3n) is 7.39. The van der Waals surface area contributed by atoms with E-state index >= 15 is 0 Å². The highest BCUT2D eigenvalue weighted by Gasteiger charge is 2.62. The molecule has 0 aromatic rings. The molecule has 5 aliphatic carbocycles. The van der Waals surface area contributed by atoms with Gasteiger partial charge in [0.15, 0.2) is 0 Å². The van der Waals surface area contributed by atoms with Crippen LogP contribution in [-0.4, -0.2) is 11.2 Å². The largest absolute Gasteiger partial charge is 0.392 e. The monoisotopic (exact) mass is 276 g/mol. The summed E-state index contributed by atoms with van der Waals surface area (Å²) in [6, 6.07) is 0. The van der Waals surface area contributed by atoms with Crippen molar-refractivity contribution in [2.75, 3.05) is 0 Å². The first kappa shape index (κ1) is 13.6. The van der Waals surface area contributed by atoms with E-state index in [1.807, 2.05) is 0 Å². The topological polar surface area (TPSA) is 20.2 Å². The second-order valence-electron chi connectivity index (χ2n) is 9.84. The van der Waals surface area contributed by atoms with E-state index in [0.717, 1.165) is 5.92 Å². The van der Waals surface area contributed by atoms with E-state index in [-0.39, 0.29) is 6.10 Å². The molecule has 5 aliphatic rings. The predicted octanol–water partition coefficient (Wildman–Crippen LogP) is 4.92. The Morgan fingerprint density at radius 2 is 1.45 bits per heavy atom. The Morgan fingerprint density at radius 3 is 2.00 bits per heavy atom. The molecule has 4 bridgehead atoms. The summed E-state index contributed by atoms with van der Waals surface area (Å²) in [5.41, 5.74) is 1.39. The Kier molecular flexibility index (Phi) is 2.89. The maximum atomic E-state index is 11.3. The molecule has 0 heterocycles. The van der Waals surface area contributed by atoms with Gasteiger partial charge in [0.25, 0.3) is 0 Å². The van der Waals surface area contributed by atoms with Crippen molar-refractivity contribution in [2.45, 2.75) is 90.6 Å². The Balaban J connectivity index is 1.63. The minimum absolute atomic E-state index is 0.00449. The van der Waals surface area contributed by atoms with Crippen LogP contribution in [-0.2, 0) is 0 Å². The molecule has 0 aliphatic heterocycles. The third-order valence-corrected chi connectivity index (χ3v) is 7.39. The summed E-state index contributed by atoms with van der Waals surface area (Å²) in [4.78, 5) is 0. The lowest BCUT2D eigenvalue weighted by Crippen LogP contribution is -2.60. The molecule has 5 rings (SSSR count). The average Bonchev–Trinajstić information content (AvgIpc) is 2.34. The summed E-state index contributed by atoms with van der Waals surface area (Å²) in [5, 5.41) is 11.3. The van der Waals surface area contributed by atoms with Crippen molar-refractivity contribution in [3.8, 4) is 0 Å². The smallest absolute Gasteiger partial charge is 0.0625 e. The molecule has 0 spiro atoms. The number of hydrogen-bond donors (Lipinski definition) is 1. The second kappa shape index (κ2) is 4.24. The van der Waals surface area contributed by atoms with Crippen LogP contribution in [0.3, 0.4) is 0 Å². The molecule has 0 aromatic heterocycles. The van der Waals surface area contributed by atoms with Crippen LogP contribution in [0.4, 0.5) is 0 Å². The zero-order valence-electron chi connectivity index (χ0n) is 13.5. The van der Waals surface area contributed by atoms with Gasteiger partial charge in [-0.05, 0) is 79.4 Å².